The van der Waals surface area contributed by atoms with Crippen LogP contribution < -0.4 is 20.1 Å². The van der Waals surface area contributed by atoms with Gasteiger partial charge in [0.15, 0.2) is 16.6 Å². The van der Waals surface area contributed by atoms with Crippen molar-refractivity contribution in [2.24, 2.45) is 0 Å². The maximum Gasteiger partial charge on any atom is 0.262 e. The van der Waals surface area contributed by atoms with E-state index in [4.69, 9.17) is 9.47 Å². The molecule has 172 valence electrons. The molecule has 0 fully saturated rings. The topological polar surface area (TPSA) is 89.6 Å². The van der Waals surface area contributed by atoms with Crippen molar-refractivity contribution in [3.8, 4) is 22.8 Å². The molecule has 2 amide bonds. The van der Waals surface area contributed by atoms with Crippen LogP contribution in [0.4, 0.5) is 5.13 Å². The van der Waals surface area contributed by atoms with Crippen LogP contribution in [0.15, 0.2) is 71.4 Å². The standard InChI is InChI=1S/C25H21N3O4S2/c29-23(18(13-16-5-2-1-3-6-16)26-24(30)22-7-4-12-33-22)28-25-27-19(15-34-25)17-8-9-20-21(14-17)32-11-10-31-20/h1-9,12,14-15,18H,10-11,13H2,(H,26,30)(H,27,28,29). The molecular weight excluding hydrogens is 470 g/mol. The first-order valence-corrected chi connectivity index (χ1v) is 12.5. The molecule has 1 unspecified atom stereocenters. The summed E-state index contributed by atoms with van der Waals surface area (Å²) in [6, 6.07) is 18.0. The molecule has 2 aromatic heterocycles. The van der Waals surface area contributed by atoms with Crippen LogP contribution in [0, 0.1) is 0 Å². The molecule has 0 bridgehead atoms. The number of amides is 2. The average Bonchev–Trinajstić information content (AvgIpc) is 3.57. The molecule has 1 aliphatic rings. The van der Waals surface area contributed by atoms with Crippen molar-refractivity contribution in [1.29, 1.82) is 0 Å². The molecule has 2 aromatic carbocycles. The molecule has 5 rings (SSSR count). The highest BCUT2D eigenvalue weighted by molar-refractivity contribution is 7.14. The summed E-state index contributed by atoms with van der Waals surface area (Å²) in [6.07, 6.45) is 0.365. The monoisotopic (exact) mass is 491 g/mol. The van der Waals surface area contributed by atoms with Gasteiger partial charge in [-0.2, -0.15) is 0 Å². The van der Waals surface area contributed by atoms with Crippen molar-refractivity contribution in [2.75, 3.05) is 18.5 Å². The van der Waals surface area contributed by atoms with E-state index in [1.807, 2.05) is 59.3 Å². The fourth-order valence-electron chi connectivity index (χ4n) is 3.56. The number of hydrogen-bond acceptors (Lipinski definition) is 7. The molecule has 0 radical (unpaired) electrons. The first-order chi connectivity index (χ1) is 16.7. The molecule has 4 aromatic rings. The lowest BCUT2D eigenvalue weighted by Crippen LogP contribution is -2.45. The highest BCUT2D eigenvalue weighted by Gasteiger charge is 2.24. The van der Waals surface area contributed by atoms with Crippen molar-refractivity contribution < 1.29 is 19.1 Å². The highest BCUT2D eigenvalue weighted by atomic mass is 32.1. The number of anilines is 1. The minimum atomic E-state index is -0.751. The number of hydrogen-bond donors (Lipinski definition) is 2. The van der Waals surface area contributed by atoms with Crippen LogP contribution in [-0.4, -0.2) is 36.1 Å². The number of carbonyl (C=O) groups excluding carboxylic acids is 2. The van der Waals surface area contributed by atoms with Gasteiger partial charge in [-0.1, -0.05) is 36.4 Å². The molecule has 0 saturated carbocycles. The van der Waals surface area contributed by atoms with Gasteiger partial charge in [0.1, 0.15) is 19.3 Å². The highest BCUT2D eigenvalue weighted by Crippen LogP contribution is 2.35. The molecule has 2 N–H and O–H groups in total. The van der Waals surface area contributed by atoms with Gasteiger partial charge in [0.05, 0.1) is 10.6 Å². The third kappa shape index (κ3) is 5.11. The lowest BCUT2D eigenvalue weighted by Gasteiger charge is -2.18. The van der Waals surface area contributed by atoms with E-state index in [2.05, 4.69) is 15.6 Å². The van der Waals surface area contributed by atoms with Crippen LogP contribution in [0.1, 0.15) is 15.2 Å². The molecule has 9 heteroatoms. The van der Waals surface area contributed by atoms with Crippen molar-refractivity contribution in [3.05, 3.63) is 81.9 Å². The Morgan fingerprint density at radius 2 is 1.79 bits per heavy atom. The Labute approximate surface area is 204 Å². The first kappa shape index (κ1) is 22.1. The number of fused-ring (bicyclic) bond motifs is 1. The summed E-state index contributed by atoms with van der Waals surface area (Å²) in [7, 11) is 0. The zero-order valence-corrected chi connectivity index (χ0v) is 19.7. The Bertz CT molecular complexity index is 1290. The fraction of sp³-hybridized carbons (Fsp3) is 0.160. The number of nitrogens with zero attached hydrogens (tertiary/aromatic N) is 1. The van der Waals surface area contributed by atoms with Gasteiger partial charge in [0.25, 0.3) is 5.91 Å². The second-order valence-corrected chi connectivity index (χ2v) is 9.38. The second-order valence-electron chi connectivity index (χ2n) is 7.58. The number of rotatable bonds is 7. The van der Waals surface area contributed by atoms with E-state index in [0.29, 0.717) is 41.1 Å². The van der Waals surface area contributed by atoms with Gasteiger partial charge in [-0.05, 0) is 35.2 Å². The summed E-state index contributed by atoms with van der Waals surface area (Å²) in [5, 5.41) is 9.89. The minimum absolute atomic E-state index is 0.276. The minimum Gasteiger partial charge on any atom is -0.486 e. The number of nitrogens with one attached hydrogen (secondary N) is 2. The molecular formula is C25H21N3O4S2. The lowest BCUT2D eigenvalue weighted by atomic mass is 10.1. The quantitative estimate of drug-likeness (QED) is 0.394. The molecule has 0 spiro atoms. The van der Waals surface area contributed by atoms with Gasteiger partial charge < -0.3 is 20.1 Å². The maximum atomic E-state index is 13.2. The predicted octanol–water partition coefficient (Wildman–Crippen LogP) is 4.62. The number of benzene rings is 2. The first-order valence-electron chi connectivity index (χ1n) is 10.7. The summed E-state index contributed by atoms with van der Waals surface area (Å²) < 4.78 is 11.2. The van der Waals surface area contributed by atoms with Crippen molar-refractivity contribution in [2.45, 2.75) is 12.5 Å². The summed E-state index contributed by atoms with van der Waals surface area (Å²) in [5.41, 5.74) is 2.54. The van der Waals surface area contributed by atoms with E-state index >= 15 is 0 Å². The van der Waals surface area contributed by atoms with Crippen LogP contribution in [-0.2, 0) is 11.2 Å². The van der Waals surface area contributed by atoms with E-state index in [1.54, 1.807) is 12.1 Å². The molecule has 7 nitrogen and oxygen atoms in total. The summed E-state index contributed by atoms with van der Waals surface area (Å²) in [5.74, 6) is 0.796. The largest absolute Gasteiger partial charge is 0.486 e. The summed E-state index contributed by atoms with van der Waals surface area (Å²) in [6.45, 7) is 1.04. The van der Waals surface area contributed by atoms with Crippen LogP contribution in [0.2, 0.25) is 0 Å². The van der Waals surface area contributed by atoms with Crippen LogP contribution in [0.3, 0.4) is 0 Å². The molecule has 34 heavy (non-hydrogen) atoms. The Morgan fingerprint density at radius 3 is 2.59 bits per heavy atom. The number of carbonyl (C=O) groups is 2. The Balaban J connectivity index is 1.32. The fourth-order valence-corrected chi connectivity index (χ4v) is 4.90. The van der Waals surface area contributed by atoms with Crippen LogP contribution in [0.5, 0.6) is 11.5 Å². The summed E-state index contributed by atoms with van der Waals surface area (Å²) >= 11 is 2.66. The van der Waals surface area contributed by atoms with E-state index in [0.717, 1.165) is 16.8 Å². The van der Waals surface area contributed by atoms with Gasteiger partial charge in [-0.15, -0.1) is 22.7 Å². The average molecular weight is 492 g/mol. The summed E-state index contributed by atoms with van der Waals surface area (Å²) in [4.78, 5) is 30.9. The van der Waals surface area contributed by atoms with E-state index < -0.39 is 6.04 Å². The molecule has 1 aliphatic heterocycles. The Morgan fingerprint density at radius 1 is 0.971 bits per heavy atom. The predicted molar refractivity (Wildman–Crippen MR) is 133 cm³/mol. The van der Waals surface area contributed by atoms with E-state index in [9.17, 15) is 9.59 Å². The number of ether oxygens (including phenoxy) is 2. The number of thiazole rings is 1. The van der Waals surface area contributed by atoms with Gasteiger partial charge in [0.2, 0.25) is 5.91 Å². The SMILES string of the molecule is O=C(NC(Cc1ccccc1)C(=O)Nc1nc(-c2ccc3c(c2)OCCO3)cs1)c1cccs1. The zero-order chi connectivity index (χ0) is 23.3. The molecule has 0 aliphatic carbocycles. The maximum absolute atomic E-state index is 13.2. The van der Waals surface area contributed by atoms with Crippen molar-refractivity contribution >= 4 is 39.6 Å². The van der Waals surface area contributed by atoms with Crippen molar-refractivity contribution in [1.82, 2.24) is 10.3 Å². The van der Waals surface area contributed by atoms with Gasteiger partial charge in [0, 0.05) is 17.4 Å². The molecule has 3 heterocycles. The van der Waals surface area contributed by atoms with Crippen LogP contribution in [0.25, 0.3) is 11.3 Å². The smallest absolute Gasteiger partial charge is 0.262 e. The van der Waals surface area contributed by atoms with Gasteiger partial charge >= 0.3 is 0 Å². The van der Waals surface area contributed by atoms with Gasteiger partial charge in [-0.25, -0.2) is 4.98 Å². The van der Waals surface area contributed by atoms with E-state index in [1.165, 1.54) is 22.7 Å². The molecule has 0 saturated heterocycles. The van der Waals surface area contributed by atoms with Crippen molar-refractivity contribution in [3.63, 3.8) is 0 Å². The normalized spacial score (nSPS) is 13.2. The number of thiophene rings is 1. The molecule has 1 atom stereocenters. The third-order valence-electron chi connectivity index (χ3n) is 5.22. The Hall–Kier alpha value is -3.69. The third-order valence-corrected chi connectivity index (χ3v) is 6.85. The van der Waals surface area contributed by atoms with E-state index in [-0.39, 0.29) is 11.8 Å². The second kappa shape index (κ2) is 10.1. The Kier molecular flexibility index (Phi) is 6.55. The number of aromatic nitrogens is 1. The van der Waals surface area contributed by atoms with Crippen LogP contribution >= 0.6 is 22.7 Å². The zero-order valence-electron chi connectivity index (χ0n) is 18.0. The lowest BCUT2D eigenvalue weighted by molar-refractivity contribution is -0.118. The van der Waals surface area contributed by atoms with Gasteiger partial charge in [-0.3, -0.25) is 9.59 Å².